The van der Waals surface area contributed by atoms with Crippen LogP contribution in [0.15, 0.2) is 0 Å². The van der Waals surface area contributed by atoms with Crippen molar-refractivity contribution in [1.82, 2.24) is 4.90 Å². The zero-order valence-corrected chi connectivity index (χ0v) is 9.03. The third-order valence-corrected chi connectivity index (χ3v) is 3.84. The maximum Gasteiger partial charge on any atom is 0.161 e. The Morgan fingerprint density at radius 1 is 1.36 bits per heavy atom. The average molecular weight is 197 g/mol. The fourth-order valence-corrected chi connectivity index (χ4v) is 2.93. The van der Waals surface area contributed by atoms with E-state index < -0.39 is 0 Å². The van der Waals surface area contributed by atoms with Gasteiger partial charge >= 0.3 is 0 Å². The van der Waals surface area contributed by atoms with Gasteiger partial charge in [-0.3, -0.25) is 4.79 Å². The molecule has 3 nitrogen and oxygen atoms in total. The fraction of sp³-hybridized carbons (Fsp3) is 0.909. The molecule has 2 bridgehead atoms. The van der Waals surface area contributed by atoms with Crippen molar-refractivity contribution in [1.29, 1.82) is 0 Å². The molecule has 0 aromatic carbocycles. The predicted molar refractivity (Wildman–Crippen MR) is 54.2 cm³/mol. The Labute approximate surface area is 85.4 Å². The molecule has 0 aliphatic carbocycles. The molecule has 2 aliphatic heterocycles. The Morgan fingerprint density at radius 3 is 2.43 bits per heavy atom. The van der Waals surface area contributed by atoms with Gasteiger partial charge in [0.05, 0.1) is 0 Å². The van der Waals surface area contributed by atoms with E-state index in [-0.39, 0.29) is 5.92 Å². The van der Waals surface area contributed by atoms with E-state index in [1.54, 1.807) is 7.11 Å². The number of hydrogen-bond acceptors (Lipinski definition) is 3. The summed E-state index contributed by atoms with van der Waals surface area (Å²) in [5, 5.41) is 0. The predicted octanol–water partition coefficient (Wildman–Crippen LogP) is 1.07. The van der Waals surface area contributed by atoms with Crippen molar-refractivity contribution in [3.05, 3.63) is 0 Å². The van der Waals surface area contributed by atoms with E-state index in [1.807, 2.05) is 0 Å². The lowest BCUT2D eigenvalue weighted by atomic mass is 9.88. The molecule has 2 aliphatic rings. The van der Waals surface area contributed by atoms with Gasteiger partial charge in [0.1, 0.15) is 6.61 Å². The molecule has 3 heteroatoms. The van der Waals surface area contributed by atoms with Gasteiger partial charge < -0.3 is 9.64 Å². The normalized spacial score (nSPS) is 37.4. The van der Waals surface area contributed by atoms with Gasteiger partial charge in [0.2, 0.25) is 0 Å². The van der Waals surface area contributed by atoms with Crippen molar-refractivity contribution in [2.24, 2.45) is 5.92 Å². The Morgan fingerprint density at radius 2 is 1.93 bits per heavy atom. The van der Waals surface area contributed by atoms with Crippen LogP contribution in [0.1, 0.15) is 25.7 Å². The van der Waals surface area contributed by atoms with Crippen LogP contribution >= 0.6 is 0 Å². The molecule has 2 rings (SSSR count). The van der Waals surface area contributed by atoms with Gasteiger partial charge in [0.25, 0.3) is 0 Å². The van der Waals surface area contributed by atoms with Gasteiger partial charge in [0, 0.05) is 25.1 Å². The van der Waals surface area contributed by atoms with Crippen molar-refractivity contribution in [3.8, 4) is 0 Å². The minimum absolute atomic E-state index is 0.267. The molecule has 0 spiro atoms. The topological polar surface area (TPSA) is 29.5 Å². The highest BCUT2D eigenvalue weighted by molar-refractivity contribution is 5.82. The highest BCUT2D eigenvalue weighted by Gasteiger charge is 2.40. The van der Waals surface area contributed by atoms with Crippen molar-refractivity contribution in [2.75, 3.05) is 20.8 Å². The summed E-state index contributed by atoms with van der Waals surface area (Å²) < 4.78 is 4.91. The molecule has 0 aromatic heterocycles. The number of carbonyl (C=O) groups excluding carboxylic acids is 1. The van der Waals surface area contributed by atoms with Crippen LogP contribution in [0.3, 0.4) is 0 Å². The molecule has 2 unspecified atom stereocenters. The Balaban J connectivity index is 1.95. The number of rotatable bonds is 3. The number of nitrogens with zero attached hydrogens (tertiary/aromatic N) is 1. The Hall–Kier alpha value is -0.410. The molecule has 80 valence electrons. The van der Waals surface area contributed by atoms with Crippen molar-refractivity contribution in [3.63, 3.8) is 0 Å². The summed E-state index contributed by atoms with van der Waals surface area (Å²) in [6.07, 6.45) is 4.65. The second-order valence-corrected chi connectivity index (χ2v) is 4.62. The van der Waals surface area contributed by atoms with Crippen molar-refractivity contribution in [2.45, 2.75) is 37.8 Å². The van der Waals surface area contributed by atoms with Gasteiger partial charge in [0.15, 0.2) is 5.78 Å². The van der Waals surface area contributed by atoms with Crippen LogP contribution in [0.25, 0.3) is 0 Å². The van der Waals surface area contributed by atoms with Crippen molar-refractivity contribution >= 4 is 5.78 Å². The highest BCUT2D eigenvalue weighted by Crippen LogP contribution is 2.37. The standard InChI is InChI=1S/C11H19NO2/c1-12-9-3-4-10(12)6-8(5-9)11(13)7-14-2/h8-10H,3-7H2,1-2H3. The number of hydrogen-bond donors (Lipinski definition) is 0. The molecule has 2 heterocycles. The molecule has 2 fully saturated rings. The average Bonchev–Trinajstić information content (AvgIpc) is 2.42. The third-order valence-electron chi connectivity index (χ3n) is 3.84. The van der Waals surface area contributed by atoms with Crippen LogP contribution in [0.5, 0.6) is 0 Å². The number of Topliss-reactive ketones (excluding diaryl/α,β-unsaturated/α-hetero) is 1. The van der Waals surface area contributed by atoms with Gasteiger partial charge in [-0.1, -0.05) is 0 Å². The van der Waals surface area contributed by atoms with E-state index in [9.17, 15) is 4.79 Å². The number of piperidine rings is 1. The molecule has 0 amide bonds. The lowest BCUT2D eigenvalue weighted by molar-refractivity contribution is -0.128. The molecular formula is C11H19NO2. The number of ketones is 1. The van der Waals surface area contributed by atoms with Crippen LogP contribution in [0.4, 0.5) is 0 Å². The lowest BCUT2D eigenvalue weighted by Gasteiger charge is -2.35. The number of ether oxygens (including phenoxy) is 1. The monoisotopic (exact) mass is 197 g/mol. The summed E-state index contributed by atoms with van der Waals surface area (Å²) in [5.41, 5.74) is 0. The van der Waals surface area contributed by atoms with E-state index >= 15 is 0 Å². The zero-order valence-electron chi connectivity index (χ0n) is 9.03. The molecule has 2 atom stereocenters. The van der Waals surface area contributed by atoms with E-state index in [0.29, 0.717) is 24.5 Å². The summed E-state index contributed by atoms with van der Waals surface area (Å²) in [4.78, 5) is 14.1. The lowest BCUT2D eigenvalue weighted by Crippen LogP contribution is -2.42. The van der Waals surface area contributed by atoms with Crippen LogP contribution in [0, 0.1) is 5.92 Å². The first kappa shape index (κ1) is 10.1. The summed E-state index contributed by atoms with van der Waals surface area (Å²) in [6, 6.07) is 1.30. The molecule has 0 radical (unpaired) electrons. The largest absolute Gasteiger partial charge is 0.377 e. The van der Waals surface area contributed by atoms with Crippen LogP contribution in [-0.4, -0.2) is 43.5 Å². The molecule has 0 aromatic rings. The first-order chi connectivity index (χ1) is 6.72. The Kier molecular flexibility index (Phi) is 2.88. The maximum absolute atomic E-state index is 11.7. The van der Waals surface area contributed by atoms with Gasteiger partial charge in [-0.05, 0) is 32.7 Å². The number of methoxy groups -OCH3 is 1. The van der Waals surface area contributed by atoms with E-state index in [1.165, 1.54) is 12.8 Å². The van der Waals surface area contributed by atoms with E-state index in [0.717, 1.165) is 12.8 Å². The molecule has 0 N–H and O–H groups in total. The van der Waals surface area contributed by atoms with Gasteiger partial charge in [-0.2, -0.15) is 0 Å². The van der Waals surface area contributed by atoms with Crippen molar-refractivity contribution < 1.29 is 9.53 Å². The summed E-state index contributed by atoms with van der Waals surface area (Å²) >= 11 is 0. The van der Waals surface area contributed by atoms with Gasteiger partial charge in [-0.25, -0.2) is 0 Å². The SMILES string of the molecule is COCC(=O)C1CC2CCC(C1)N2C. The third kappa shape index (κ3) is 1.71. The summed E-state index contributed by atoms with van der Waals surface area (Å²) in [5.74, 6) is 0.571. The fourth-order valence-electron chi connectivity index (χ4n) is 2.93. The summed E-state index contributed by atoms with van der Waals surface area (Å²) in [7, 11) is 3.79. The number of carbonyl (C=O) groups is 1. The molecule has 0 saturated carbocycles. The summed E-state index contributed by atoms with van der Waals surface area (Å²) in [6.45, 7) is 0.299. The molecule has 14 heavy (non-hydrogen) atoms. The molecule has 2 saturated heterocycles. The van der Waals surface area contributed by atoms with Crippen LogP contribution in [-0.2, 0) is 9.53 Å². The van der Waals surface area contributed by atoms with Crippen LogP contribution < -0.4 is 0 Å². The minimum atomic E-state index is 0.267. The first-order valence-corrected chi connectivity index (χ1v) is 5.46. The van der Waals surface area contributed by atoms with E-state index in [2.05, 4.69) is 11.9 Å². The Bertz CT molecular complexity index is 215. The van der Waals surface area contributed by atoms with E-state index in [4.69, 9.17) is 4.74 Å². The quantitative estimate of drug-likeness (QED) is 0.678. The molecular weight excluding hydrogens is 178 g/mol. The van der Waals surface area contributed by atoms with Gasteiger partial charge in [-0.15, -0.1) is 0 Å². The highest BCUT2D eigenvalue weighted by atomic mass is 16.5. The second kappa shape index (κ2) is 3.99. The second-order valence-electron chi connectivity index (χ2n) is 4.62. The zero-order chi connectivity index (χ0) is 10.1. The smallest absolute Gasteiger partial charge is 0.161 e. The minimum Gasteiger partial charge on any atom is -0.377 e. The maximum atomic E-state index is 11.7. The first-order valence-electron chi connectivity index (χ1n) is 5.46. The number of fused-ring (bicyclic) bond motifs is 2. The van der Waals surface area contributed by atoms with Crippen LogP contribution in [0.2, 0.25) is 0 Å².